The van der Waals surface area contributed by atoms with Crippen molar-refractivity contribution in [2.75, 3.05) is 17.2 Å². The van der Waals surface area contributed by atoms with E-state index in [-0.39, 0.29) is 0 Å². The van der Waals surface area contributed by atoms with Crippen LogP contribution in [0.1, 0.15) is 11.3 Å². The smallest absolute Gasteiger partial charge is 0.230 e. The molecule has 3 rings (SSSR count). The predicted molar refractivity (Wildman–Crippen MR) is 90.2 cm³/mol. The molecule has 0 bridgehead atoms. The molecule has 0 fully saturated rings. The molecule has 118 valence electrons. The summed E-state index contributed by atoms with van der Waals surface area (Å²) in [6.45, 7) is 2.58. The molecule has 0 saturated carbocycles. The normalized spacial score (nSPS) is 10.5. The number of nitrogens with zero attached hydrogens (tertiary/aromatic N) is 3. The van der Waals surface area contributed by atoms with Crippen molar-refractivity contribution in [3.8, 4) is 0 Å². The van der Waals surface area contributed by atoms with Gasteiger partial charge in [0.1, 0.15) is 11.6 Å². The zero-order valence-corrected chi connectivity index (χ0v) is 13.3. The molecule has 0 radical (unpaired) electrons. The Morgan fingerprint density at radius 3 is 2.87 bits per heavy atom. The first-order valence-electron chi connectivity index (χ1n) is 7.21. The van der Waals surface area contributed by atoms with E-state index in [1.807, 2.05) is 37.3 Å². The molecule has 0 aliphatic carbocycles. The van der Waals surface area contributed by atoms with Gasteiger partial charge in [0.25, 0.3) is 0 Å². The van der Waals surface area contributed by atoms with Gasteiger partial charge in [0, 0.05) is 23.8 Å². The van der Waals surface area contributed by atoms with E-state index in [0.29, 0.717) is 11.8 Å². The number of benzene rings is 1. The Labute approximate surface area is 138 Å². The first-order valence-corrected chi connectivity index (χ1v) is 7.58. The van der Waals surface area contributed by atoms with E-state index in [0.717, 1.165) is 29.6 Å². The number of anilines is 3. The first-order chi connectivity index (χ1) is 11.2. The molecule has 0 aliphatic rings. The minimum absolute atomic E-state index is 0.464. The van der Waals surface area contributed by atoms with Crippen LogP contribution in [0, 0.1) is 6.92 Å². The summed E-state index contributed by atoms with van der Waals surface area (Å²) in [7, 11) is 0. The van der Waals surface area contributed by atoms with E-state index in [4.69, 9.17) is 16.1 Å². The lowest BCUT2D eigenvalue weighted by atomic mass is 10.1. The third kappa shape index (κ3) is 4.43. The summed E-state index contributed by atoms with van der Waals surface area (Å²) in [6.07, 6.45) is 2.54. The molecule has 0 saturated heterocycles. The van der Waals surface area contributed by atoms with E-state index in [2.05, 4.69) is 25.8 Å². The van der Waals surface area contributed by atoms with Gasteiger partial charge in [-0.15, -0.1) is 0 Å². The average molecular weight is 330 g/mol. The Bertz CT molecular complexity index is 789. The van der Waals surface area contributed by atoms with Crippen molar-refractivity contribution in [1.82, 2.24) is 15.1 Å². The SMILES string of the molecule is Cc1cc(Nc2nccc(NCCc3cccc(Cl)c3)n2)no1. The van der Waals surface area contributed by atoms with Gasteiger partial charge in [-0.3, -0.25) is 0 Å². The maximum Gasteiger partial charge on any atom is 0.230 e. The van der Waals surface area contributed by atoms with Crippen LogP contribution in [0.25, 0.3) is 0 Å². The van der Waals surface area contributed by atoms with Gasteiger partial charge < -0.3 is 15.2 Å². The Kier molecular flexibility index (Phi) is 4.73. The topological polar surface area (TPSA) is 75.9 Å². The van der Waals surface area contributed by atoms with Crippen LogP contribution < -0.4 is 10.6 Å². The molecule has 0 aliphatic heterocycles. The van der Waals surface area contributed by atoms with Crippen LogP contribution >= 0.6 is 11.6 Å². The molecule has 0 unspecified atom stereocenters. The van der Waals surface area contributed by atoms with E-state index in [1.54, 1.807) is 12.3 Å². The quantitative estimate of drug-likeness (QED) is 0.716. The first kappa shape index (κ1) is 15.3. The van der Waals surface area contributed by atoms with Gasteiger partial charge in [0.15, 0.2) is 5.82 Å². The summed E-state index contributed by atoms with van der Waals surface area (Å²) < 4.78 is 5.00. The van der Waals surface area contributed by atoms with Crippen molar-refractivity contribution < 1.29 is 4.52 Å². The van der Waals surface area contributed by atoms with Crippen molar-refractivity contribution in [3.05, 3.63) is 58.9 Å². The number of hydrogen-bond acceptors (Lipinski definition) is 6. The van der Waals surface area contributed by atoms with Gasteiger partial charge in [0.05, 0.1) is 0 Å². The fraction of sp³-hybridized carbons (Fsp3) is 0.188. The number of nitrogens with one attached hydrogen (secondary N) is 2. The lowest BCUT2D eigenvalue weighted by Crippen LogP contribution is -2.07. The molecule has 0 spiro atoms. The van der Waals surface area contributed by atoms with Gasteiger partial charge >= 0.3 is 0 Å². The Balaban J connectivity index is 1.57. The van der Waals surface area contributed by atoms with Gasteiger partial charge in [-0.05, 0) is 37.1 Å². The van der Waals surface area contributed by atoms with Crippen molar-refractivity contribution in [3.63, 3.8) is 0 Å². The molecule has 2 heterocycles. The van der Waals surface area contributed by atoms with Crippen LogP contribution in [-0.4, -0.2) is 21.7 Å². The summed E-state index contributed by atoms with van der Waals surface area (Å²) in [5.41, 5.74) is 1.18. The van der Waals surface area contributed by atoms with Crippen LogP contribution in [0.2, 0.25) is 5.02 Å². The highest BCUT2D eigenvalue weighted by molar-refractivity contribution is 6.30. The van der Waals surface area contributed by atoms with Crippen molar-refractivity contribution in [2.24, 2.45) is 0 Å². The molecule has 6 nitrogen and oxygen atoms in total. The second-order valence-corrected chi connectivity index (χ2v) is 5.46. The van der Waals surface area contributed by atoms with Crippen molar-refractivity contribution in [1.29, 1.82) is 0 Å². The van der Waals surface area contributed by atoms with Gasteiger partial charge in [-0.1, -0.05) is 28.9 Å². The molecule has 23 heavy (non-hydrogen) atoms. The van der Waals surface area contributed by atoms with E-state index in [1.165, 1.54) is 5.56 Å². The second kappa shape index (κ2) is 7.11. The number of halogens is 1. The Hall–Kier alpha value is -2.60. The van der Waals surface area contributed by atoms with Crippen molar-refractivity contribution >= 4 is 29.2 Å². The molecular formula is C16H16ClN5O. The lowest BCUT2D eigenvalue weighted by molar-refractivity contribution is 0.400. The van der Waals surface area contributed by atoms with Crippen molar-refractivity contribution in [2.45, 2.75) is 13.3 Å². The third-order valence-electron chi connectivity index (χ3n) is 3.13. The summed E-state index contributed by atoms with van der Waals surface area (Å²) >= 11 is 5.98. The molecule has 0 amide bonds. The monoisotopic (exact) mass is 329 g/mol. The number of aromatic nitrogens is 3. The molecule has 2 N–H and O–H groups in total. The summed E-state index contributed by atoms with van der Waals surface area (Å²) in [4.78, 5) is 8.55. The maximum absolute atomic E-state index is 5.98. The minimum Gasteiger partial charge on any atom is -0.370 e. The number of hydrogen-bond donors (Lipinski definition) is 2. The largest absolute Gasteiger partial charge is 0.370 e. The summed E-state index contributed by atoms with van der Waals surface area (Å²) in [5, 5.41) is 10.9. The second-order valence-electron chi connectivity index (χ2n) is 5.02. The molecule has 0 atom stereocenters. The molecule has 3 aromatic rings. The third-order valence-corrected chi connectivity index (χ3v) is 3.37. The summed E-state index contributed by atoms with van der Waals surface area (Å²) in [5.74, 6) is 2.51. The van der Waals surface area contributed by atoms with Gasteiger partial charge in [-0.2, -0.15) is 4.98 Å². The van der Waals surface area contributed by atoms with Gasteiger partial charge in [0.2, 0.25) is 5.95 Å². The highest BCUT2D eigenvalue weighted by atomic mass is 35.5. The Morgan fingerprint density at radius 2 is 2.09 bits per heavy atom. The fourth-order valence-corrected chi connectivity index (χ4v) is 2.30. The molecular weight excluding hydrogens is 314 g/mol. The Morgan fingerprint density at radius 1 is 1.17 bits per heavy atom. The van der Waals surface area contributed by atoms with Crippen LogP contribution in [0.3, 0.4) is 0 Å². The maximum atomic E-state index is 5.98. The van der Waals surface area contributed by atoms with Crippen LogP contribution in [0.5, 0.6) is 0 Å². The molecule has 2 aromatic heterocycles. The zero-order chi connectivity index (χ0) is 16.1. The van der Waals surface area contributed by atoms with E-state index >= 15 is 0 Å². The number of rotatable bonds is 6. The standard InChI is InChI=1S/C16H16ClN5O/c1-11-9-15(22-23-11)21-16-19-8-6-14(20-16)18-7-5-12-3-2-4-13(17)10-12/h2-4,6,8-10H,5,7H2,1H3,(H2,18,19,20,21,22). The number of aryl methyl sites for hydroxylation is 1. The van der Waals surface area contributed by atoms with Gasteiger partial charge in [-0.25, -0.2) is 4.98 Å². The van der Waals surface area contributed by atoms with Crippen LogP contribution in [0.15, 0.2) is 47.1 Å². The predicted octanol–water partition coefficient (Wildman–Crippen LogP) is 3.82. The highest BCUT2D eigenvalue weighted by Crippen LogP contribution is 2.14. The zero-order valence-electron chi connectivity index (χ0n) is 12.6. The average Bonchev–Trinajstić information content (AvgIpc) is 2.93. The molecule has 1 aromatic carbocycles. The summed E-state index contributed by atoms with van der Waals surface area (Å²) in [6, 6.07) is 11.4. The highest BCUT2D eigenvalue weighted by Gasteiger charge is 2.04. The van der Waals surface area contributed by atoms with E-state index in [9.17, 15) is 0 Å². The van der Waals surface area contributed by atoms with Crippen LogP contribution in [0.4, 0.5) is 17.6 Å². The van der Waals surface area contributed by atoms with E-state index < -0.39 is 0 Å². The fourth-order valence-electron chi connectivity index (χ4n) is 2.08. The minimum atomic E-state index is 0.464. The molecule has 7 heteroatoms. The lowest BCUT2D eigenvalue weighted by Gasteiger charge is -2.07. The van der Waals surface area contributed by atoms with Crippen LogP contribution in [-0.2, 0) is 6.42 Å².